The molecule has 104 valence electrons. The highest BCUT2D eigenvalue weighted by Gasteiger charge is 2.45. The summed E-state index contributed by atoms with van der Waals surface area (Å²) in [5, 5.41) is 0. The average molecular weight is 257 g/mol. The Morgan fingerprint density at radius 3 is 2.68 bits per heavy atom. The Labute approximate surface area is 117 Å². The normalized spacial score (nSPS) is 35.9. The number of nitrogens with two attached hydrogens (primary N) is 1. The van der Waals surface area contributed by atoms with Crippen molar-refractivity contribution in [3.63, 3.8) is 0 Å². The molecule has 0 saturated heterocycles. The summed E-state index contributed by atoms with van der Waals surface area (Å²) < 4.78 is 0. The minimum Gasteiger partial charge on any atom is -0.327 e. The maximum atomic E-state index is 6.60. The van der Waals surface area contributed by atoms with Gasteiger partial charge in [0.2, 0.25) is 0 Å². The third-order valence-electron chi connectivity index (χ3n) is 5.51. The van der Waals surface area contributed by atoms with Crippen molar-refractivity contribution in [1.82, 2.24) is 0 Å². The van der Waals surface area contributed by atoms with E-state index in [1.165, 1.54) is 44.1 Å². The van der Waals surface area contributed by atoms with Gasteiger partial charge < -0.3 is 5.73 Å². The van der Waals surface area contributed by atoms with Crippen LogP contribution in [0.1, 0.15) is 56.9 Å². The predicted molar refractivity (Wildman–Crippen MR) is 81.0 cm³/mol. The lowest BCUT2D eigenvalue weighted by atomic mass is 9.75. The Balaban J connectivity index is 1.59. The van der Waals surface area contributed by atoms with Crippen molar-refractivity contribution in [2.45, 2.75) is 57.4 Å². The Hall–Kier alpha value is -0.820. The fraction of sp³-hybridized carbons (Fsp3) is 0.667. The first-order valence-corrected chi connectivity index (χ1v) is 8.10. The van der Waals surface area contributed by atoms with E-state index in [9.17, 15) is 0 Å². The standard InChI is InChI=1S/C18H27N/c1-2-13-7-6-10-15(11-13)18(19)17-12-16(17)14-8-4-3-5-9-14/h3-5,8-9,13,15-18H,2,6-7,10-12,19H2,1H3. The molecule has 0 bridgehead atoms. The van der Waals surface area contributed by atoms with Crippen LogP contribution in [-0.4, -0.2) is 6.04 Å². The maximum Gasteiger partial charge on any atom is 0.0102 e. The van der Waals surface area contributed by atoms with Gasteiger partial charge in [-0.3, -0.25) is 0 Å². The number of hydrogen-bond donors (Lipinski definition) is 1. The third kappa shape index (κ3) is 2.86. The molecule has 1 heteroatoms. The summed E-state index contributed by atoms with van der Waals surface area (Å²) in [6.07, 6.45) is 8.26. The summed E-state index contributed by atoms with van der Waals surface area (Å²) in [6.45, 7) is 2.34. The molecule has 19 heavy (non-hydrogen) atoms. The number of hydrogen-bond acceptors (Lipinski definition) is 1. The summed E-state index contributed by atoms with van der Waals surface area (Å²) in [7, 11) is 0. The maximum absolute atomic E-state index is 6.60. The summed E-state index contributed by atoms with van der Waals surface area (Å²) in [4.78, 5) is 0. The summed E-state index contributed by atoms with van der Waals surface area (Å²) in [5.74, 6) is 3.23. The number of benzene rings is 1. The zero-order valence-corrected chi connectivity index (χ0v) is 12.1. The number of rotatable bonds is 4. The van der Waals surface area contributed by atoms with E-state index in [0.717, 1.165) is 23.7 Å². The third-order valence-corrected chi connectivity index (χ3v) is 5.51. The highest BCUT2D eigenvalue weighted by atomic mass is 14.7. The lowest BCUT2D eigenvalue weighted by Gasteiger charge is -2.32. The minimum absolute atomic E-state index is 0.444. The van der Waals surface area contributed by atoms with Gasteiger partial charge in [0, 0.05) is 6.04 Å². The molecule has 1 aromatic rings. The molecule has 2 fully saturated rings. The molecular formula is C18H27N. The van der Waals surface area contributed by atoms with Crippen molar-refractivity contribution >= 4 is 0 Å². The molecule has 1 nitrogen and oxygen atoms in total. The van der Waals surface area contributed by atoms with Crippen molar-refractivity contribution in [3.8, 4) is 0 Å². The van der Waals surface area contributed by atoms with Gasteiger partial charge in [-0.15, -0.1) is 0 Å². The molecule has 2 aliphatic carbocycles. The lowest BCUT2D eigenvalue weighted by molar-refractivity contribution is 0.217. The van der Waals surface area contributed by atoms with E-state index < -0.39 is 0 Å². The first-order chi connectivity index (χ1) is 9.29. The molecule has 2 aliphatic rings. The first kappa shape index (κ1) is 13.2. The lowest BCUT2D eigenvalue weighted by Crippen LogP contribution is -2.36. The van der Waals surface area contributed by atoms with Crippen molar-refractivity contribution in [1.29, 1.82) is 0 Å². The van der Waals surface area contributed by atoms with E-state index in [0.29, 0.717) is 6.04 Å². The van der Waals surface area contributed by atoms with Gasteiger partial charge in [0.25, 0.3) is 0 Å². The van der Waals surface area contributed by atoms with Gasteiger partial charge >= 0.3 is 0 Å². The van der Waals surface area contributed by atoms with E-state index in [1.807, 2.05) is 0 Å². The van der Waals surface area contributed by atoms with E-state index in [1.54, 1.807) is 0 Å². The summed E-state index contributed by atoms with van der Waals surface area (Å²) in [6, 6.07) is 11.4. The van der Waals surface area contributed by atoms with Crippen LogP contribution in [0.2, 0.25) is 0 Å². The van der Waals surface area contributed by atoms with Gasteiger partial charge in [-0.2, -0.15) is 0 Å². The van der Waals surface area contributed by atoms with Crippen LogP contribution in [0.3, 0.4) is 0 Å². The molecule has 2 N–H and O–H groups in total. The molecule has 2 saturated carbocycles. The van der Waals surface area contributed by atoms with Crippen LogP contribution in [0.5, 0.6) is 0 Å². The topological polar surface area (TPSA) is 26.0 Å². The van der Waals surface area contributed by atoms with Crippen molar-refractivity contribution in [2.24, 2.45) is 23.5 Å². The van der Waals surface area contributed by atoms with Crippen molar-refractivity contribution < 1.29 is 0 Å². The van der Waals surface area contributed by atoms with Crippen LogP contribution in [0.25, 0.3) is 0 Å². The van der Waals surface area contributed by atoms with Crippen LogP contribution in [0.15, 0.2) is 30.3 Å². The van der Waals surface area contributed by atoms with Gasteiger partial charge in [0.15, 0.2) is 0 Å². The van der Waals surface area contributed by atoms with Gasteiger partial charge in [-0.1, -0.05) is 56.5 Å². The molecule has 0 radical (unpaired) electrons. The zero-order chi connectivity index (χ0) is 13.2. The molecule has 0 aromatic heterocycles. The Kier molecular flexibility index (Phi) is 3.93. The molecule has 0 heterocycles. The van der Waals surface area contributed by atoms with E-state index in [4.69, 9.17) is 5.73 Å². The van der Waals surface area contributed by atoms with Gasteiger partial charge in [-0.25, -0.2) is 0 Å². The SMILES string of the molecule is CCC1CCCC(C(N)C2CC2c2ccccc2)C1. The Morgan fingerprint density at radius 2 is 1.95 bits per heavy atom. The van der Waals surface area contributed by atoms with Crippen LogP contribution >= 0.6 is 0 Å². The fourth-order valence-electron chi connectivity index (χ4n) is 4.13. The quantitative estimate of drug-likeness (QED) is 0.853. The van der Waals surface area contributed by atoms with Crippen LogP contribution < -0.4 is 5.73 Å². The van der Waals surface area contributed by atoms with Crippen LogP contribution in [0.4, 0.5) is 0 Å². The Bertz CT molecular complexity index is 399. The van der Waals surface area contributed by atoms with E-state index in [-0.39, 0.29) is 0 Å². The Morgan fingerprint density at radius 1 is 1.16 bits per heavy atom. The monoisotopic (exact) mass is 257 g/mol. The van der Waals surface area contributed by atoms with Crippen LogP contribution in [-0.2, 0) is 0 Å². The highest BCUT2D eigenvalue weighted by molar-refractivity contribution is 5.26. The molecule has 0 amide bonds. The smallest absolute Gasteiger partial charge is 0.0102 e. The second-order valence-electron chi connectivity index (χ2n) is 6.70. The zero-order valence-electron chi connectivity index (χ0n) is 12.1. The minimum atomic E-state index is 0.444. The molecule has 0 aliphatic heterocycles. The average Bonchev–Trinajstić information content (AvgIpc) is 3.28. The summed E-state index contributed by atoms with van der Waals surface area (Å²) >= 11 is 0. The second-order valence-corrected chi connectivity index (χ2v) is 6.70. The van der Waals surface area contributed by atoms with E-state index >= 15 is 0 Å². The first-order valence-electron chi connectivity index (χ1n) is 8.10. The van der Waals surface area contributed by atoms with Crippen LogP contribution in [0, 0.1) is 17.8 Å². The highest BCUT2D eigenvalue weighted by Crippen LogP contribution is 2.52. The molecule has 5 atom stereocenters. The van der Waals surface area contributed by atoms with Crippen molar-refractivity contribution in [3.05, 3.63) is 35.9 Å². The van der Waals surface area contributed by atoms with E-state index in [2.05, 4.69) is 37.3 Å². The molecular weight excluding hydrogens is 230 g/mol. The molecule has 3 rings (SSSR count). The largest absolute Gasteiger partial charge is 0.327 e. The van der Waals surface area contributed by atoms with Gasteiger partial charge in [0.05, 0.1) is 0 Å². The molecule has 1 aromatic carbocycles. The van der Waals surface area contributed by atoms with Crippen molar-refractivity contribution in [2.75, 3.05) is 0 Å². The predicted octanol–water partition coefficient (Wildman–Crippen LogP) is 4.33. The molecule has 5 unspecified atom stereocenters. The second kappa shape index (κ2) is 5.66. The van der Waals surface area contributed by atoms with Gasteiger partial charge in [-0.05, 0) is 48.5 Å². The molecule has 0 spiro atoms. The fourth-order valence-corrected chi connectivity index (χ4v) is 4.13. The summed E-state index contributed by atoms with van der Waals surface area (Å²) in [5.41, 5.74) is 8.10. The van der Waals surface area contributed by atoms with Gasteiger partial charge in [0.1, 0.15) is 0 Å².